The van der Waals surface area contributed by atoms with Gasteiger partial charge in [-0.2, -0.15) is 0 Å². The van der Waals surface area contributed by atoms with E-state index in [1.54, 1.807) is 7.11 Å². The molecule has 2 amide bonds. The van der Waals surface area contributed by atoms with Crippen LogP contribution in [-0.4, -0.2) is 54.8 Å². The lowest BCUT2D eigenvalue weighted by molar-refractivity contribution is 0.0509. The van der Waals surface area contributed by atoms with E-state index in [2.05, 4.69) is 15.6 Å². The molecule has 8 heteroatoms. The van der Waals surface area contributed by atoms with Crippen LogP contribution in [0, 0.1) is 0 Å². The number of ether oxygens (including phenoxy) is 2. The van der Waals surface area contributed by atoms with Crippen LogP contribution in [0.15, 0.2) is 42.6 Å². The molecule has 0 aliphatic rings. The predicted octanol–water partition coefficient (Wildman–Crippen LogP) is 1.15. The molecule has 1 unspecified atom stereocenters. The number of benzene rings is 1. The zero-order chi connectivity index (χ0) is 20.4. The number of aliphatic hydroxyl groups excluding tert-OH is 1. The van der Waals surface area contributed by atoms with Gasteiger partial charge in [-0.15, -0.1) is 0 Å². The van der Waals surface area contributed by atoms with Gasteiger partial charge in [-0.05, 0) is 36.8 Å². The molecular weight excluding hydrogens is 362 g/mol. The van der Waals surface area contributed by atoms with Gasteiger partial charge in [0.2, 0.25) is 0 Å². The number of hydrogen-bond donors (Lipinski definition) is 3. The van der Waals surface area contributed by atoms with Crippen LogP contribution in [0.25, 0.3) is 0 Å². The summed E-state index contributed by atoms with van der Waals surface area (Å²) in [4.78, 5) is 28.1. The summed E-state index contributed by atoms with van der Waals surface area (Å²) >= 11 is 0. The second-order valence-electron chi connectivity index (χ2n) is 6.09. The summed E-state index contributed by atoms with van der Waals surface area (Å²) < 4.78 is 10.9. The minimum Gasteiger partial charge on any atom is -0.497 e. The highest BCUT2D eigenvalue weighted by Crippen LogP contribution is 2.12. The van der Waals surface area contributed by atoms with E-state index in [0.717, 1.165) is 11.3 Å². The molecule has 0 bridgehead atoms. The highest BCUT2D eigenvalue weighted by molar-refractivity contribution is 5.98. The molecule has 1 aromatic carbocycles. The summed E-state index contributed by atoms with van der Waals surface area (Å²) in [6.45, 7) is 2.57. The average Bonchev–Trinajstić information content (AvgIpc) is 2.74. The molecule has 0 fully saturated rings. The summed E-state index contributed by atoms with van der Waals surface area (Å²) in [7, 11) is 1.61. The maximum absolute atomic E-state index is 12.3. The standard InChI is InChI=1S/C20H25N3O5/c1-14(28-13-15-3-5-17(27-2)6-4-15)12-23-19(25)16-7-8-21-18(11-16)20(26)22-9-10-24/h3-8,11,14,24H,9-10,12-13H2,1-2H3,(H,22,26)(H,23,25). The fraction of sp³-hybridized carbons (Fsp3) is 0.350. The van der Waals surface area contributed by atoms with Crippen LogP contribution in [0.2, 0.25) is 0 Å². The Morgan fingerprint density at radius 2 is 1.89 bits per heavy atom. The van der Waals surface area contributed by atoms with Gasteiger partial charge in [-0.25, -0.2) is 0 Å². The summed E-state index contributed by atoms with van der Waals surface area (Å²) in [5, 5.41) is 14.0. The van der Waals surface area contributed by atoms with Gasteiger partial charge in [0.1, 0.15) is 11.4 Å². The number of nitrogens with one attached hydrogen (secondary N) is 2. The smallest absolute Gasteiger partial charge is 0.269 e. The number of nitrogens with zero attached hydrogens (tertiary/aromatic N) is 1. The molecule has 28 heavy (non-hydrogen) atoms. The Hall–Kier alpha value is -2.97. The van der Waals surface area contributed by atoms with Crippen LogP contribution >= 0.6 is 0 Å². The Bertz CT molecular complexity index is 780. The minimum absolute atomic E-state index is 0.116. The number of carbonyl (C=O) groups is 2. The number of carbonyl (C=O) groups excluding carboxylic acids is 2. The molecule has 2 rings (SSSR count). The molecule has 0 saturated heterocycles. The van der Waals surface area contributed by atoms with Crippen LogP contribution in [0.3, 0.4) is 0 Å². The fourth-order valence-corrected chi connectivity index (χ4v) is 2.31. The van der Waals surface area contributed by atoms with Crippen molar-refractivity contribution in [3.63, 3.8) is 0 Å². The molecular formula is C20H25N3O5. The quantitative estimate of drug-likeness (QED) is 0.564. The van der Waals surface area contributed by atoms with Crippen molar-refractivity contribution in [2.45, 2.75) is 19.6 Å². The van der Waals surface area contributed by atoms with Crippen molar-refractivity contribution in [2.24, 2.45) is 0 Å². The van der Waals surface area contributed by atoms with Gasteiger partial charge >= 0.3 is 0 Å². The number of rotatable bonds is 10. The molecule has 3 N–H and O–H groups in total. The fourth-order valence-electron chi connectivity index (χ4n) is 2.31. The largest absolute Gasteiger partial charge is 0.497 e. The zero-order valence-electron chi connectivity index (χ0n) is 16.0. The Morgan fingerprint density at radius 1 is 1.14 bits per heavy atom. The van der Waals surface area contributed by atoms with Gasteiger partial charge < -0.3 is 25.2 Å². The third-order valence-corrected chi connectivity index (χ3v) is 3.90. The lowest BCUT2D eigenvalue weighted by atomic mass is 10.2. The van der Waals surface area contributed by atoms with E-state index in [4.69, 9.17) is 14.6 Å². The predicted molar refractivity (Wildman–Crippen MR) is 103 cm³/mol. The molecule has 8 nitrogen and oxygen atoms in total. The van der Waals surface area contributed by atoms with E-state index in [1.807, 2.05) is 31.2 Å². The lowest BCUT2D eigenvalue weighted by Gasteiger charge is -2.14. The molecule has 1 aromatic heterocycles. The van der Waals surface area contributed by atoms with E-state index in [9.17, 15) is 9.59 Å². The molecule has 0 saturated carbocycles. The Kier molecular flexibility index (Phi) is 8.38. The number of hydrogen-bond acceptors (Lipinski definition) is 6. The van der Waals surface area contributed by atoms with Crippen LogP contribution in [0.4, 0.5) is 0 Å². The SMILES string of the molecule is COc1ccc(COC(C)CNC(=O)c2ccnc(C(=O)NCCO)c2)cc1. The van der Waals surface area contributed by atoms with Crippen LogP contribution in [-0.2, 0) is 11.3 Å². The number of aliphatic hydroxyl groups is 1. The summed E-state index contributed by atoms with van der Waals surface area (Å²) in [5.41, 5.74) is 1.45. The van der Waals surface area contributed by atoms with Crippen molar-refractivity contribution >= 4 is 11.8 Å². The summed E-state index contributed by atoms with van der Waals surface area (Å²) in [6.07, 6.45) is 1.20. The van der Waals surface area contributed by atoms with Crippen molar-refractivity contribution in [2.75, 3.05) is 26.8 Å². The first-order chi connectivity index (χ1) is 13.5. The van der Waals surface area contributed by atoms with E-state index < -0.39 is 5.91 Å². The van der Waals surface area contributed by atoms with Crippen molar-refractivity contribution in [1.82, 2.24) is 15.6 Å². The van der Waals surface area contributed by atoms with E-state index in [1.165, 1.54) is 18.3 Å². The topological polar surface area (TPSA) is 110 Å². The Morgan fingerprint density at radius 3 is 2.57 bits per heavy atom. The molecule has 1 atom stereocenters. The van der Waals surface area contributed by atoms with Crippen molar-refractivity contribution in [1.29, 1.82) is 0 Å². The molecule has 0 spiro atoms. The first kappa shape index (κ1) is 21.3. The van der Waals surface area contributed by atoms with Crippen molar-refractivity contribution in [3.05, 3.63) is 59.4 Å². The number of pyridine rings is 1. The second-order valence-corrected chi connectivity index (χ2v) is 6.09. The van der Waals surface area contributed by atoms with E-state index in [0.29, 0.717) is 18.7 Å². The molecule has 2 aromatic rings. The van der Waals surface area contributed by atoms with E-state index in [-0.39, 0.29) is 30.9 Å². The Labute approximate surface area is 163 Å². The highest BCUT2D eigenvalue weighted by atomic mass is 16.5. The average molecular weight is 387 g/mol. The number of aromatic nitrogens is 1. The number of methoxy groups -OCH3 is 1. The normalized spacial score (nSPS) is 11.5. The van der Waals surface area contributed by atoms with Gasteiger partial charge in [0, 0.05) is 24.8 Å². The van der Waals surface area contributed by atoms with Gasteiger partial charge in [-0.1, -0.05) is 12.1 Å². The van der Waals surface area contributed by atoms with Gasteiger partial charge in [-0.3, -0.25) is 14.6 Å². The molecule has 0 aliphatic heterocycles. The first-order valence-corrected chi connectivity index (χ1v) is 8.91. The zero-order valence-corrected chi connectivity index (χ0v) is 16.0. The third kappa shape index (κ3) is 6.64. The van der Waals surface area contributed by atoms with E-state index >= 15 is 0 Å². The molecule has 150 valence electrons. The number of amides is 2. The summed E-state index contributed by atoms with van der Waals surface area (Å²) in [6, 6.07) is 10.5. The third-order valence-electron chi connectivity index (χ3n) is 3.90. The summed E-state index contributed by atoms with van der Waals surface area (Å²) in [5.74, 6) is 0.0178. The van der Waals surface area contributed by atoms with Crippen LogP contribution < -0.4 is 15.4 Å². The van der Waals surface area contributed by atoms with Gasteiger partial charge in [0.25, 0.3) is 11.8 Å². The molecule has 1 heterocycles. The van der Waals surface area contributed by atoms with Gasteiger partial charge in [0.05, 0.1) is 26.4 Å². The van der Waals surface area contributed by atoms with Crippen LogP contribution in [0.5, 0.6) is 5.75 Å². The van der Waals surface area contributed by atoms with Crippen molar-refractivity contribution in [3.8, 4) is 5.75 Å². The molecule has 0 radical (unpaired) electrons. The monoisotopic (exact) mass is 387 g/mol. The highest BCUT2D eigenvalue weighted by Gasteiger charge is 2.12. The lowest BCUT2D eigenvalue weighted by Crippen LogP contribution is -2.32. The van der Waals surface area contributed by atoms with Crippen molar-refractivity contribution < 1.29 is 24.2 Å². The first-order valence-electron chi connectivity index (χ1n) is 8.91. The molecule has 0 aliphatic carbocycles. The van der Waals surface area contributed by atoms with Gasteiger partial charge in [0.15, 0.2) is 0 Å². The van der Waals surface area contributed by atoms with Crippen LogP contribution in [0.1, 0.15) is 33.3 Å². The Balaban J connectivity index is 1.81. The maximum Gasteiger partial charge on any atom is 0.269 e. The minimum atomic E-state index is -0.445. The maximum atomic E-state index is 12.3. The second kappa shape index (κ2) is 11.0.